The van der Waals surface area contributed by atoms with Gasteiger partial charge in [0.2, 0.25) is 6.79 Å². The van der Waals surface area contributed by atoms with Gasteiger partial charge in [0.1, 0.15) is 5.75 Å². The largest absolute Gasteiger partial charge is 0.493 e. The zero-order chi connectivity index (χ0) is 14.4. The zero-order valence-corrected chi connectivity index (χ0v) is 11.4. The van der Waals surface area contributed by atoms with Crippen molar-refractivity contribution in [2.45, 2.75) is 26.2 Å². The van der Waals surface area contributed by atoms with E-state index in [4.69, 9.17) is 19.3 Å². The molecule has 0 fully saturated rings. The normalized spacial score (nSPS) is 12.8. The number of hydrogen-bond donors (Lipinski definition) is 1. The maximum atomic E-state index is 10.6. The van der Waals surface area contributed by atoms with Gasteiger partial charge in [0, 0.05) is 17.7 Å². The second-order valence-electron chi connectivity index (χ2n) is 4.47. The molecule has 1 aliphatic rings. The molecule has 0 radical (unpaired) electrons. The third-order valence-electron chi connectivity index (χ3n) is 2.92. The van der Waals surface area contributed by atoms with E-state index in [0.29, 0.717) is 29.4 Å². The topological polar surface area (TPSA) is 65.0 Å². The smallest absolute Gasteiger partial charge is 0.328 e. The molecule has 1 heterocycles. The maximum absolute atomic E-state index is 10.6. The summed E-state index contributed by atoms with van der Waals surface area (Å²) >= 11 is 0. The molecule has 0 amide bonds. The van der Waals surface area contributed by atoms with Crippen LogP contribution in [0.3, 0.4) is 0 Å². The summed E-state index contributed by atoms with van der Waals surface area (Å²) in [6.07, 6.45) is 5.77. The fourth-order valence-corrected chi connectivity index (χ4v) is 1.89. The van der Waals surface area contributed by atoms with Gasteiger partial charge in [-0.25, -0.2) is 4.79 Å². The van der Waals surface area contributed by atoms with Crippen molar-refractivity contribution < 1.29 is 24.1 Å². The van der Waals surface area contributed by atoms with E-state index in [1.807, 2.05) is 0 Å². The molecule has 1 N–H and O–H groups in total. The van der Waals surface area contributed by atoms with E-state index in [1.54, 1.807) is 12.1 Å². The predicted molar refractivity (Wildman–Crippen MR) is 74.3 cm³/mol. The molecule has 1 aliphatic heterocycles. The van der Waals surface area contributed by atoms with Crippen molar-refractivity contribution in [1.82, 2.24) is 0 Å². The monoisotopic (exact) mass is 278 g/mol. The number of carbonyl (C=O) groups is 1. The first-order valence-corrected chi connectivity index (χ1v) is 6.68. The Morgan fingerprint density at radius 3 is 2.80 bits per heavy atom. The van der Waals surface area contributed by atoms with E-state index in [0.717, 1.165) is 25.3 Å². The molecule has 0 bridgehead atoms. The average molecular weight is 278 g/mol. The van der Waals surface area contributed by atoms with Gasteiger partial charge in [0.25, 0.3) is 0 Å². The van der Waals surface area contributed by atoms with E-state index >= 15 is 0 Å². The molecule has 0 saturated carbocycles. The summed E-state index contributed by atoms with van der Waals surface area (Å²) in [5.74, 6) is 0.848. The minimum Gasteiger partial charge on any atom is -0.493 e. The molecule has 0 unspecified atom stereocenters. The van der Waals surface area contributed by atoms with Crippen molar-refractivity contribution in [2.75, 3.05) is 13.4 Å². The van der Waals surface area contributed by atoms with E-state index in [-0.39, 0.29) is 6.79 Å². The second kappa shape index (κ2) is 6.84. The molecule has 0 spiro atoms. The van der Waals surface area contributed by atoms with Crippen LogP contribution in [0.2, 0.25) is 0 Å². The Morgan fingerprint density at radius 2 is 2.10 bits per heavy atom. The summed E-state index contributed by atoms with van der Waals surface area (Å²) in [6, 6.07) is 3.48. The Balaban J connectivity index is 2.16. The number of aliphatic carboxylic acids is 1. The Morgan fingerprint density at radius 1 is 1.35 bits per heavy atom. The highest BCUT2D eigenvalue weighted by molar-refractivity contribution is 5.86. The van der Waals surface area contributed by atoms with Crippen LogP contribution in [0.4, 0.5) is 0 Å². The molecule has 0 saturated heterocycles. The van der Waals surface area contributed by atoms with E-state index < -0.39 is 5.97 Å². The average Bonchev–Trinajstić information content (AvgIpc) is 2.87. The van der Waals surface area contributed by atoms with Crippen molar-refractivity contribution >= 4 is 12.0 Å². The summed E-state index contributed by atoms with van der Waals surface area (Å²) in [5.41, 5.74) is 0.674. The Hall–Kier alpha value is -2.17. The van der Waals surface area contributed by atoms with Crippen LogP contribution in [0.5, 0.6) is 17.2 Å². The molecule has 5 heteroatoms. The highest BCUT2D eigenvalue weighted by atomic mass is 16.7. The number of benzene rings is 1. The van der Waals surface area contributed by atoms with Crippen LogP contribution in [0, 0.1) is 0 Å². The van der Waals surface area contributed by atoms with Crippen LogP contribution in [0.25, 0.3) is 6.08 Å². The standard InChI is InChI=1S/C15H18O5/c1-2-3-4-7-18-12-9-14-13(19-10-20-14)8-11(12)5-6-15(16)17/h5-6,8-9H,2-4,7,10H2,1H3,(H,16,17). The lowest BCUT2D eigenvalue weighted by molar-refractivity contribution is -0.131. The molecule has 0 atom stereocenters. The summed E-state index contributed by atoms with van der Waals surface area (Å²) in [7, 11) is 0. The number of ether oxygens (including phenoxy) is 3. The molecule has 0 aromatic heterocycles. The lowest BCUT2D eigenvalue weighted by atomic mass is 10.1. The Kier molecular flexibility index (Phi) is 4.87. The van der Waals surface area contributed by atoms with Crippen LogP contribution in [0.1, 0.15) is 31.7 Å². The van der Waals surface area contributed by atoms with Crippen molar-refractivity contribution in [1.29, 1.82) is 0 Å². The molecule has 2 rings (SSSR count). The maximum Gasteiger partial charge on any atom is 0.328 e. The molecule has 1 aromatic rings. The summed E-state index contributed by atoms with van der Waals surface area (Å²) in [5, 5.41) is 8.72. The zero-order valence-electron chi connectivity index (χ0n) is 11.4. The highest BCUT2D eigenvalue weighted by Gasteiger charge is 2.17. The molecule has 1 aromatic carbocycles. The van der Waals surface area contributed by atoms with Crippen molar-refractivity contribution in [2.24, 2.45) is 0 Å². The number of carboxylic acids is 1. The first-order chi connectivity index (χ1) is 9.70. The highest BCUT2D eigenvalue weighted by Crippen LogP contribution is 2.38. The van der Waals surface area contributed by atoms with Gasteiger partial charge < -0.3 is 19.3 Å². The first kappa shape index (κ1) is 14.2. The molecular formula is C15H18O5. The van der Waals surface area contributed by atoms with Gasteiger partial charge in [-0.2, -0.15) is 0 Å². The van der Waals surface area contributed by atoms with E-state index in [2.05, 4.69) is 6.92 Å². The SMILES string of the molecule is CCCCCOc1cc2c(cc1C=CC(=O)O)OCO2. The molecule has 5 nitrogen and oxygen atoms in total. The van der Waals surface area contributed by atoms with Crippen LogP contribution in [-0.2, 0) is 4.79 Å². The van der Waals surface area contributed by atoms with Crippen LogP contribution < -0.4 is 14.2 Å². The predicted octanol–water partition coefficient (Wildman–Crippen LogP) is 3.08. The van der Waals surface area contributed by atoms with Crippen LogP contribution >= 0.6 is 0 Å². The molecular weight excluding hydrogens is 260 g/mol. The molecule has 108 valence electrons. The van der Waals surface area contributed by atoms with Gasteiger partial charge in [-0.05, 0) is 18.6 Å². The number of fused-ring (bicyclic) bond motifs is 1. The van der Waals surface area contributed by atoms with Crippen molar-refractivity contribution in [3.8, 4) is 17.2 Å². The van der Waals surface area contributed by atoms with Crippen LogP contribution in [0.15, 0.2) is 18.2 Å². The molecule has 20 heavy (non-hydrogen) atoms. The quantitative estimate of drug-likeness (QED) is 0.613. The fraction of sp³-hybridized carbons (Fsp3) is 0.400. The minimum atomic E-state index is -1.00. The number of carboxylic acid groups (broad SMARTS) is 1. The lowest BCUT2D eigenvalue weighted by Gasteiger charge is -2.10. The Bertz CT molecular complexity index is 507. The Labute approximate surface area is 117 Å². The second-order valence-corrected chi connectivity index (χ2v) is 4.47. The summed E-state index contributed by atoms with van der Waals surface area (Å²) in [6.45, 7) is 2.90. The van der Waals surface area contributed by atoms with Crippen molar-refractivity contribution in [3.05, 3.63) is 23.8 Å². The van der Waals surface area contributed by atoms with Crippen LogP contribution in [-0.4, -0.2) is 24.5 Å². The fourth-order valence-electron chi connectivity index (χ4n) is 1.89. The first-order valence-electron chi connectivity index (χ1n) is 6.68. The van der Waals surface area contributed by atoms with Gasteiger partial charge in [-0.15, -0.1) is 0 Å². The van der Waals surface area contributed by atoms with Gasteiger partial charge in [-0.3, -0.25) is 0 Å². The van der Waals surface area contributed by atoms with Gasteiger partial charge >= 0.3 is 5.97 Å². The van der Waals surface area contributed by atoms with Crippen molar-refractivity contribution in [3.63, 3.8) is 0 Å². The number of hydrogen-bond acceptors (Lipinski definition) is 4. The van der Waals surface area contributed by atoms with Gasteiger partial charge in [0.15, 0.2) is 11.5 Å². The number of rotatable bonds is 7. The summed E-state index contributed by atoms with van der Waals surface area (Å²) < 4.78 is 16.3. The number of unbranched alkanes of at least 4 members (excludes halogenated alkanes) is 2. The van der Waals surface area contributed by atoms with E-state index in [1.165, 1.54) is 6.08 Å². The van der Waals surface area contributed by atoms with Gasteiger partial charge in [-0.1, -0.05) is 19.8 Å². The third kappa shape index (κ3) is 3.66. The van der Waals surface area contributed by atoms with E-state index in [9.17, 15) is 4.79 Å². The summed E-state index contributed by atoms with van der Waals surface area (Å²) in [4.78, 5) is 10.6. The third-order valence-corrected chi connectivity index (χ3v) is 2.92. The lowest BCUT2D eigenvalue weighted by Crippen LogP contribution is -1.99. The molecule has 0 aliphatic carbocycles. The minimum absolute atomic E-state index is 0.177. The van der Waals surface area contributed by atoms with Gasteiger partial charge in [0.05, 0.1) is 6.61 Å².